The van der Waals surface area contributed by atoms with Crippen molar-refractivity contribution in [3.63, 3.8) is 0 Å². The van der Waals surface area contributed by atoms with Gasteiger partial charge in [-0.25, -0.2) is 8.78 Å². The highest BCUT2D eigenvalue weighted by Crippen LogP contribution is 2.39. The van der Waals surface area contributed by atoms with Gasteiger partial charge in [-0.15, -0.1) is 0 Å². The Morgan fingerprint density at radius 2 is 2.12 bits per heavy atom. The molecule has 1 heterocycles. The summed E-state index contributed by atoms with van der Waals surface area (Å²) in [6, 6.07) is 2.11. The highest BCUT2D eigenvalue weighted by molar-refractivity contribution is 9.09. The summed E-state index contributed by atoms with van der Waals surface area (Å²) in [6.45, 7) is 0. The lowest BCUT2D eigenvalue weighted by atomic mass is 9.83. The zero-order chi connectivity index (χ0) is 11.6. The van der Waals surface area contributed by atoms with Gasteiger partial charge in [-0.3, -0.25) is 0 Å². The zero-order valence-electron chi connectivity index (χ0n) is 8.96. The van der Waals surface area contributed by atoms with Crippen LogP contribution >= 0.6 is 27.3 Å². The number of rotatable bonds is 3. The molecule has 0 aromatic carbocycles. The first-order chi connectivity index (χ1) is 7.57. The van der Waals surface area contributed by atoms with Crippen LogP contribution in [0.15, 0.2) is 16.8 Å². The number of alkyl halides is 3. The van der Waals surface area contributed by atoms with Crippen LogP contribution in [0.3, 0.4) is 0 Å². The molecular weight excluding hydrogens is 294 g/mol. The zero-order valence-corrected chi connectivity index (χ0v) is 11.4. The van der Waals surface area contributed by atoms with Crippen LogP contribution in [0.25, 0.3) is 0 Å². The van der Waals surface area contributed by atoms with Gasteiger partial charge < -0.3 is 0 Å². The van der Waals surface area contributed by atoms with E-state index in [2.05, 4.69) is 32.8 Å². The molecule has 1 aromatic heterocycles. The summed E-state index contributed by atoms with van der Waals surface area (Å²) in [5, 5.41) is 4.19. The molecule has 0 spiro atoms. The van der Waals surface area contributed by atoms with Crippen molar-refractivity contribution in [2.45, 2.75) is 42.9 Å². The first kappa shape index (κ1) is 12.5. The summed E-state index contributed by atoms with van der Waals surface area (Å²) in [5.74, 6) is -2.01. The van der Waals surface area contributed by atoms with E-state index in [-0.39, 0.29) is 12.8 Å². The summed E-state index contributed by atoms with van der Waals surface area (Å²) in [5.41, 5.74) is 1.31. The molecule has 16 heavy (non-hydrogen) atoms. The van der Waals surface area contributed by atoms with E-state index in [0.717, 1.165) is 6.42 Å². The van der Waals surface area contributed by atoms with Crippen molar-refractivity contribution >= 4 is 27.3 Å². The van der Waals surface area contributed by atoms with Gasteiger partial charge in [-0.05, 0) is 47.6 Å². The van der Waals surface area contributed by atoms with Gasteiger partial charge in [0.2, 0.25) is 5.92 Å². The topological polar surface area (TPSA) is 0 Å². The largest absolute Gasteiger partial charge is 0.248 e. The Morgan fingerprint density at radius 1 is 1.44 bits per heavy atom. The number of hydrogen-bond donors (Lipinski definition) is 0. The van der Waals surface area contributed by atoms with Gasteiger partial charge in [0, 0.05) is 17.7 Å². The number of thiophene rings is 1. The minimum Gasteiger partial charge on any atom is -0.207 e. The molecule has 0 radical (unpaired) electrons. The van der Waals surface area contributed by atoms with Crippen molar-refractivity contribution in [3.8, 4) is 0 Å². The second-order valence-electron chi connectivity index (χ2n) is 4.55. The fourth-order valence-electron chi connectivity index (χ4n) is 2.22. The third-order valence-corrected chi connectivity index (χ3v) is 5.09. The average Bonchev–Trinajstić information content (AvgIpc) is 2.70. The van der Waals surface area contributed by atoms with E-state index in [1.54, 1.807) is 11.3 Å². The standard InChI is InChI=1S/C12H15BrF2S/c13-11(7-9-3-6-16-8-9)10-1-4-12(14,15)5-2-10/h3,6,8,10-11H,1-2,4-5,7H2. The third-order valence-electron chi connectivity index (χ3n) is 3.28. The van der Waals surface area contributed by atoms with E-state index in [0.29, 0.717) is 23.6 Å². The van der Waals surface area contributed by atoms with Gasteiger partial charge in [-0.1, -0.05) is 15.9 Å². The maximum Gasteiger partial charge on any atom is 0.248 e. The Kier molecular flexibility index (Phi) is 4.01. The van der Waals surface area contributed by atoms with Crippen molar-refractivity contribution in [2.75, 3.05) is 0 Å². The van der Waals surface area contributed by atoms with Gasteiger partial charge >= 0.3 is 0 Å². The van der Waals surface area contributed by atoms with Crippen LogP contribution in [0.2, 0.25) is 0 Å². The summed E-state index contributed by atoms with van der Waals surface area (Å²) in [7, 11) is 0. The van der Waals surface area contributed by atoms with Crippen molar-refractivity contribution in [2.24, 2.45) is 5.92 Å². The van der Waals surface area contributed by atoms with Crippen LogP contribution in [-0.4, -0.2) is 10.7 Å². The molecule has 0 aliphatic heterocycles. The first-order valence-electron chi connectivity index (χ1n) is 5.60. The second kappa shape index (κ2) is 5.13. The SMILES string of the molecule is FC1(F)CCC(C(Br)Cc2ccsc2)CC1. The van der Waals surface area contributed by atoms with Crippen LogP contribution in [-0.2, 0) is 6.42 Å². The minimum absolute atomic E-state index is 0.0589. The Hall–Kier alpha value is 0.0400. The van der Waals surface area contributed by atoms with E-state index >= 15 is 0 Å². The van der Waals surface area contributed by atoms with Crippen LogP contribution in [0.4, 0.5) is 8.78 Å². The number of hydrogen-bond acceptors (Lipinski definition) is 1. The summed E-state index contributed by atoms with van der Waals surface area (Å²) < 4.78 is 26.0. The molecule has 1 atom stereocenters. The maximum atomic E-state index is 13.0. The second-order valence-corrected chi connectivity index (χ2v) is 6.50. The van der Waals surface area contributed by atoms with Gasteiger partial charge in [0.1, 0.15) is 0 Å². The van der Waals surface area contributed by atoms with Gasteiger partial charge in [0.05, 0.1) is 0 Å². The minimum atomic E-state index is -2.41. The van der Waals surface area contributed by atoms with Gasteiger partial charge in [0.25, 0.3) is 0 Å². The molecule has 1 aliphatic carbocycles. The van der Waals surface area contributed by atoms with Crippen LogP contribution < -0.4 is 0 Å². The molecule has 1 fully saturated rings. The molecule has 1 aromatic rings. The highest BCUT2D eigenvalue weighted by Gasteiger charge is 2.36. The first-order valence-corrected chi connectivity index (χ1v) is 7.46. The molecule has 1 aliphatic rings. The lowest BCUT2D eigenvalue weighted by Gasteiger charge is -2.31. The Bertz CT molecular complexity index is 314. The number of halogens is 3. The van der Waals surface area contributed by atoms with E-state index in [1.165, 1.54) is 5.56 Å². The Morgan fingerprint density at radius 3 is 2.69 bits per heavy atom. The van der Waals surface area contributed by atoms with Crippen LogP contribution in [0, 0.1) is 5.92 Å². The molecular formula is C12H15BrF2S. The molecule has 1 unspecified atom stereocenters. The smallest absolute Gasteiger partial charge is 0.207 e. The van der Waals surface area contributed by atoms with Gasteiger partial charge in [-0.2, -0.15) is 11.3 Å². The molecule has 0 nitrogen and oxygen atoms in total. The van der Waals surface area contributed by atoms with E-state index < -0.39 is 5.92 Å². The molecule has 4 heteroatoms. The van der Waals surface area contributed by atoms with Crippen molar-refractivity contribution in [1.29, 1.82) is 0 Å². The third kappa shape index (κ3) is 3.27. The van der Waals surface area contributed by atoms with Crippen LogP contribution in [0.1, 0.15) is 31.2 Å². The summed E-state index contributed by atoms with van der Waals surface area (Å²) >= 11 is 5.35. The van der Waals surface area contributed by atoms with Crippen molar-refractivity contribution < 1.29 is 8.78 Å². The predicted octanol–water partition coefficient (Wildman–Crippen LogP) is 4.88. The molecule has 0 amide bonds. The quantitative estimate of drug-likeness (QED) is 0.698. The molecule has 2 rings (SSSR count). The molecule has 0 N–H and O–H groups in total. The highest BCUT2D eigenvalue weighted by atomic mass is 79.9. The van der Waals surface area contributed by atoms with Gasteiger partial charge in [0.15, 0.2) is 0 Å². The average molecular weight is 309 g/mol. The molecule has 0 saturated heterocycles. The Labute approximate surface area is 107 Å². The van der Waals surface area contributed by atoms with E-state index in [1.807, 2.05) is 0 Å². The monoisotopic (exact) mass is 308 g/mol. The predicted molar refractivity (Wildman–Crippen MR) is 67.6 cm³/mol. The Balaban J connectivity index is 1.85. The molecule has 1 saturated carbocycles. The van der Waals surface area contributed by atoms with E-state index in [9.17, 15) is 8.78 Å². The van der Waals surface area contributed by atoms with Crippen molar-refractivity contribution in [1.82, 2.24) is 0 Å². The van der Waals surface area contributed by atoms with Crippen molar-refractivity contribution in [3.05, 3.63) is 22.4 Å². The van der Waals surface area contributed by atoms with Crippen LogP contribution in [0.5, 0.6) is 0 Å². The summed E-state index contributed by atoms with van der Waals surface area (Å²) in [6.07, 6.45) is 2.37. The summed E-state index contributed by atoms with van der Waals surface area (Å²) in [4.78, 5) is 0.346. The molecule has 0 bridgehead atoms. The fraction of sp³-hybridized carbons (Fsp3) is 0.667. The fourth-order valence-corrected chi connectivity index (χ4v) is 3.81. The van der Waals surface area contributed by atoms with E-state index in [4.69, 9.17) is 0 Å². The maximum absolute atomic E-state index is 13.0. The normalized spacial score (nSPS) is 23.2. The molecule has 90 valence electrons. The lowest BCUT2D eigenvalue weighted by Crippen LogP contribution is -2.29. The lowest BCUT2D eigenvalue weighted by molar-refractivity contribution is -0.0456.